The fourth-order valence-electron chi connectivity index (χ4n) is 2.93. The number of para-hydroxylation sites is 1. The number of carbonyl (C=O) groups excluding carboxylic acids is 1. The van der Waals surface area contributed by atoms with Crippen LogP contribution in [-0.2, 0) is 18.3 Å². The molecule has 24 heavy (non-hydrogen) atoms. The lowest BCUT2D eigenvalue weighted by molar-refractivity contribution is -0.131. The molecule has 1 fully saturated rings. The number of hydrogen-bond acceptors (Lipinski definition) is 4. The number of benzene rings is 1. The summed E-state index contributed by atoms with van der Waals surface area (Å²) < 4.78 is 7.39. The van der Waals surface area contributed by atoms with Gasteiger partial charge in [-0.25, -0.2) is 0 Å². The molecule has 1 saturated heterocycles. The molecule has 6 nitrogen and oxygen atoms in total. The van der Waals surface area contributed by atoms with E-state index in [1.165, 1.54) is 0 Å². The molecule has 2 heterocycles. The van der Waals surface area contributed by atoms with Gasteiger partial charge in [0, 0.05) is 26.2 Å². The second kappa shape index (κ2) is 7.05. The van der Waals surface area contributed by atoms with Crippen molar-refractivity contribution in [2.24, 2.45) is 7.05 Å². The van der Waals surface area contributed by atoms with Crippen LogP contribution in [0.3, 0.4) is 0 Å². The predicted molar refractivity (Wildman–Crippen MR) is 89.6 cm³/mol. The summed E-state index contributed by atoms with van der Waals surface area (Å²) in [5.41, 5.74) is 0.0764. The molecule has 0 saturated carbocycles. The van der Waals surface area contributed by atoms with E-state index in [0.717, 1.165) is 11.3 Å². The molecule has 1 aromatic heterocycles. The number of ether oxygens (including phenoxy) is 1. The van der Waals surface area contributed by atoms with Crippen LogP contribution >= 0.6 is 0 Å². The van der Waals surface area contributed by atoms with Crippen LogP contribution in [0, 0.1) is 0 Å². The number of likely N-dealkylation sites (tertiary alicyclic amines) is 1. The van der Waals surface area contributed by atoms with Gasteiger partial charge in [-0.05, 0) is 30.5 Å². The highest BCUT2D eigenvalue weighted by atomic mass is 16.5. The minimum atomic E-state index is -0.972. The van der Waals surface area contributed by atoms with Crippen LogP contribution in [0.1, 0.15) is 18.4 Å². The zero-order chi connectivity index (χ0) is 17.0. The number of aliphatic hydroxyl groups is 1. The Morgan fingerprint density at radius 3 is 2.88 bits per heavy atom. The van der Waals surface area contributed by atoms with Crippen LogP contribution < -0.4 is 4.74 Å². The highest BCUT2D eigenvalue weighted by Gasteiger charge is 2.38. The first-order chi connectivity index (χ1) is 11.5. The summed E-state index contributed by atoms with van der Waals surface area (Å²) in [6, 6.07) is 9.41. The van der Waals surface area contributed by atoms with Gasteiger partial charge >= 0.3 is 0 Å². The summed E-state index contributed by atoms with van der Waals surface area (Å²) in [5.74, 6) is 0.793. The van der Waals surface area contributed by atoms with Crippen molar-refractivity contribution in [2.75, 3.05) is 19.7 Å². The molecule has 1 amide bonds. The molecule has 128 valence electrons. The Balaban J connectivity index is 1.47. The highest BCUT2D eigenvalue weighted by Crippen LogP contribution is 2.23. The minimum absolute atomic E-state index is 0.0643. The van der Waals surface area contributed by atoms with E-state index in [-0.39, 0.29) is 12.5 Å². The normalized spacial score (nSPS) is 20.3. The van der Waals surface area contributed by atoms with Crippen LogP contribution in [0.4, 0.5) is 0 Å². The predicted octanol–water partition coefficient (Wildman–Crippen LogP) is 1.40. The first kappa shape index (κ1) is 16.5. The van der Waals surface area contributed by atoms with Gasteiger partial charge in [0.1, 0.15) is 18.0 Å². The van der Waals surface area contributed by atoms with Gasteiger partial charge < -0.3 is 14.7 Å². The van der Waals surface area contributed by atoms with Crippen molar-refractivity contribution < 1.29 is 14.6 Å². The number of aromatic nitrogens is 2. The number of amides is 1. The zero-order valence-electron chi connectivity index (χ0n) is 13.9. The third-order valence-corrected chi connectivity index (χ3v) is 4.32. The molecule has 0 spiro atoms. The molecule has 2 aromatic rings. The standard InChI is InChI=1S/C18H23N3O3/c1-20-12-15(11-19-20)7-8-17(22)21-10-9-18(23,13-21)14-24-16-5-3-2-4-6-16/h2-6,11-12,23H,7-10,13-14H2,1H3/t18-/m1/s1. The van der Waals surface area contributed by atoms with Crippen molar-refractivity contribution in [3.05, 3.63) is 48.3 Å². The molecule has 1 aromatic carbocycles. The molecule has 0 radical (unpaired) electrons. The molecule has 3 rings (SSSR count). The maximum absolute atomic E-state index is 12.3. The quantitative estimate of drug-likeness (QED) is 0.870. The van der Waals surface area contributed by atoms with Crippen molar-refractivity contribution in [2.45, 2.75) is 24.9 Å². The van der Waals surface area contributed by atoms with Crippen LogP contribution in [0.15, 0.2) is 42.7 Å². The third kappa shape index (κ3) is 4.14. The Morgan fingerprint density at radius 1 is 1.38 bits per heavy atom. The lowest BCUT2D eigenvalue weighted by atomic mass is 10.1. The number of nitrogens with zero attached hydrogens (tertiary/aromatic N) is 3. The summed E-state index contributed by atoms with van der Waals surface area (Å²) in [6.07, 6.45) is 5.34. The zero-order valence-corrected chi connectivity index (χ0v) is 13.9. The van der Waals surface area contributed by atoms with Crippen molar-refractivity contribution in [1.82, 2.24) is 14.7 Å². The monoisotopic (exact) mass is 329 g/mol. The molecule has 0 unspecified atom stereocenters. The van der Waals surface area contributed by atoms with Crippen LogP contribution in [0.2, 0.25) is 0 Å². The van der Waals surface area contributed by atoms with Crippen molar-refractivity contribution in [1.29, 1.82) is 0 Å². The first-order valence-corrected chi connectivity index (χ1v) is 8.20. The van der Waals surface area contributed by atoms with Gasteiger partial charge in [-0.2, -0.15) is 5.10 Å². The number of β-amino-alcohol motifs (C(OH)–C–C–N with tert-alkyl or cyclic N) is 1. The number of aryl methyl sites for hydroxylation is 2. The Bertz CT molecular complexity index is 686. The average molecular weight is 329 g/mol. The Kier molecular flexibility index (Phi) is 4.85. The van der Waals surface area contributed by atoms with E-state index in [9.17, 15) is 9.90 Å². The molecule has 1 aliphatic rings. The second-order valence-electron chi connectivity index (χ2n) is 6.41. The summed E-state index contributed by atoms with van der Waals surface area (Å²) >= 11 is 0. The van der Waals surface area contributed by atoms with Gasteiger partial charge in [-0.3, -0.25) is 9.48 Å². The molecular weight excluding hydrogens is 306 g/mol. The van der Waals surface area contributed by atoms with E-state index in [4.69, 9.17) is 4.74 Å². The van der Waals surface area contributed by atoms with E-state index >= 15 is 0 Å². The SMILES string of the molecule is Cn1cc(CCC(=O)N2CC[C@](O)(COc3ccccc3)C2)cn1. The van der Waals surface area contributed by atoms with Crippen LogP contribution in [0.25, 0.3) is 0 Å². The van der Waals surface area contributed by atoms with E-state index in [1.54, 1.807) is 15.8 Å². The average Bonchev–Trinajstić information content (AvgIpc) is 3.18. The van der Waals surface area contributed by atoms with Crippen molar-refractivity contribution in [3.63, 3.8) is 0 Å². The molecule has 1 N–H and O–H groups in total. The fraction of sp³-hybridized carbons (Fsp3) is 0.444. The molecule has 0 bridgehead atoms. The largest absolute Gasteiger partial charge is 0.491 e. The Hall–Kier alpha value is -2.34. The number of rotatable bonds is 6. The van der Waals surface area contributed by atoms with Gasteiger partial charge in [-0.15, -0.1) is 0 Å². The summed E-state index contributed by atoms with van der Waals surface area (Å²) in [7, 11) is 1.86. The van der Waals surface area contributed by atoms with Crippen molar-refractivity contribution >= 4 is 5.91 Å². The molecule has 1 atom stereocenters. The lowest BCUT2D eigenvalue weighted by Gasteiger charge is -2.23. The third-order valence-electron chi connectivity index (χ3n) is 4.32. The van der Waals surface area contributed by atoms with Crippen LogP contribution in [-0.4, -0.2) is 51.0 Å². The topological polar surface area (TPSA) is 67.6 Å². The van der Waals surface area contributed by atoms with Gasteiger partial charge in [0.05, 0.1) is 12.7 Å². The molecule has 0 aliphatic carbocycles. The first-order valence-electron chi connectivity index (χ1n) is 8.20. The van der Waals surface area contributed by atoms with E-state index in [0.29, 0.717) is 32.4 Å². The number of carbonyl (C=O) groups is 1. The fourth-order valence-corrected chi connectivity index (χ4v) is 2.93. The van der Waals surface area contributed by atoms with Crippen molar-refractivity contribution in [3.8, 4) is 5.75 Å². The second-order valence-corrected chi connectivity index (χ2v) is 6.41. The summed E-state index contributed by atoms with van der Waals surface area (Å²) in [4.78, 5) is 14.1. The Morgan fingerprint density at radius 2 is 2.17 bits per heavy atom. The molecular formula is C18H23N3O3. The smallest absolute Gasteiger partial charge is 0.223 e. The Labute approximate surface area is 141 Å². The maximum Gasteiger partial charge on any atom is 0.223 e. The van der Waals surface area contributed by atoms with Crippen LogP contribution in [0.5, 0.6) is 5.75 Å². The van der Waals surface area contributed by atoms with Gasteiger partial charge in [0.25, 0.3) is 0 Å². The molecule has 6 heteroatoms. The highest BCUT2D eigenvalue weighted by molar-refractivity contribution is 5.76. The van der Waals surface area contributed by atoms with E-state index in [1.807, 2.05) is 43.6 Å². The van der Waals surface area contributed by atoms with Gasteiger partial charge in [0.15, 0.2) is 0 Å². The minimum Gasteiger partial charge on any atom is -0.491 e. The lowest BCUT2D eigenvalue weighted by Crippen LogP contribution is -2.40. The van der Waals surface area contributed by atoms with Gasteiger partial charge in [-0.1, -0.05) is 18.2 Å². The summed E-state index contributed by atoms with van der Waals surface area (Å²) in [5, 5.41) is 14.7. The maximum atomic E-state index is 12.3. The summed E-state index contributed by atoms with van der Waals surface area (Å²) in [6.45, 7) is 1.09. The molecule has 1 aliphatic heterocycles. The van der Waals surface area contributed by atoms with Gasteiger partial charge in [0.2, 0.25) is 5.91 Å². The van der Waals surface area contributed by atoms with E-state index in [2.05, 4.69) is 5.10 Å². The number of hydrogen-bond donors (Lipinski definition) is 1. The van der Waals surface area contributed by atoms with E-state index < -0.39 is 5.60 Å².